The second-order valence-electron chi connectivity index (χ2n) is 8.10. The Morgan fingerprint density at radius 3 is 1.93 bits per heavy atom. The van der Waals surface area contributed by atoms with Gasteiger partial charge in [-0.05, 0) is 37.8 Å². The number of aryl methyl sites for hydroxylation is 2. The fourth-order valence-corrected chi connectivity index (χ4v) is 5.29. The van der Waals surface area contributed by atoms with Crippen LogP contribution in [-0.2, 0) is 27.1 Å². The van der Waals surface area contributed by atoms with Gasteiger partial charge in [0.2, 0.25) is 15.9 Å². The number of hydrogen-bond acceptors (Lipinski definition) is 3. The second-order valence-corrected chi connectivity index (χ2v) is 10.1. The quantitative estimate of drug-likeness (QED) is 0.727. The van der Waals surface area contributed by atoms with Crippen LogP contribution in [0.15, 0.2) is 48.5 Å². The molecule has 2 aromatic rings. The zero-order valence-corrected chi connectivity index (χ0v) is 18.3. The molecule has 1 heterocycles. The number of sulfonamides is 1. The average Bonchev–Trinajstić information content (AvgIpc) is 2.71. The molecule has 0 bridgehead atoms. The van der Waals surface area contributed by atoms with Crippen molar-refractivity contribution in [3.8, 4) is 0 Å². The van der Waals surface area contributed by atoms with Crippen molar-refractivity contribution in [1.29, 1.82) is 0 Å². The molecule has 0 aliphatic carbocycles. The number of rotatable bonds is 6. The average molecular weight is 415 g/mol. The Morgan fingerprint density at radius 1 is 0.931 bits per heavy atom. The largest absolute Gasteiger partial charge is 0.341 e. The van der Waals surface area contributed by atoms with Crippen LogP contribution >= 0.6 is 0 Å². The third kappa shape index (κ3) is 5.67. The topological polar surface area (TPSA) is 57.7 Å². The lowest BCUT2D eigenvalue weighted by Gasteiger charge is -2.32. The van der Waals surface area contributed by atoms with Gasteiger partial charge in [0.05, 0.1) is 5.75 Å². The zero-order chi connectivity index (χ0) is 21.0. The zero-order valence-electron chi connectivity index (χ0n) is 17.5. The molecule has 0 aromatic heterocycles. The smallest absolute Gasteiger partial charge is 0.225 e. The maximum atomic E-state index is 12.8. The van der Waals surface area contributed by atoms with E-state index >= 15 is 0 Å². The Labute approximate surface area is 174 Å². The number of carbonyl (C=O) groups excluding carboxylic acids is 1. The van der Waals surface area contributed by atoms with Gasteiger partial charge in [0.1, 0.15) is 0 Å². The van der Waals surface area contributed by atoms with E-state index in [0.717, 1.165) is 16.7 Å². The van der Waals surface area contributed by atoms with Crippen LogP contribution < -0.4 is 0 Å². The van der Waals surface area contributed by atoms with E-state index in [9.17, 15) is 13.2 Å². The summed E-state index contributed by atoms with van der Waals surface area (Å²) in [5.41, 5.74) is 4.21. The van der Waals surface area contributed by atoms with Gasteiger partial charge in [0.15, 0.2) is 0 Å². The number of hydrogen-bond donors (Lipinski definition) is 0. The predicted octanol–water partition coefficient (Wildman–Crippen LogP) is 3.50. The molecule has 1 amide bonds. The van der Waals surface area contributed by atoms with Gasteiger partial charge in [-0.1, -0.05) is 59.7 Å². The SMILES string of the molecule is Cc1ccc(CN(C)C(=O)C2CCN(S(=O)(=O)Cc3ccc(C)cc3)CC2)cc1. The van der Waals surface area contributed by atoms with Crippen LogP contribution in [0.3, 0.4) is 0 Å². The van der Waals surface area contributed by atoms with Gasteiger partial charge >= 0.3 is 0 Å². The summed E-state index contributed by atoms with van der Waals surface area (Å²) in [7, 11) is -1.54. The lowest BCUT2D eigenvalue weighted by molar-refractivity contribution is -0.135. The molecule has 0 N–H and O–H groups in total. The highest BCUT2D eigenvalue weighted by Crippen LogP contribution is 2.24. The molecule has 1 aliphatic heterocycles. The highest BCUT2D eigenvalue weighted by atomic mass is 32.2. The van der Waals surface area contributed by atoms with Gasteiger partial charge in [-0.25, -0.2) is 12.7 Å². The molecule has 0 saturated carbocycles. The predicted molar refractivity (Wildman–Crippen MR) is 116 cm³/mol. The van der Waals surface area contributed by atoms with E-state index in [0.29, 0.717) is 32.5 Å². The van der Waals surface area contributed by atoms with E-state index in [1.807, 2.05) is 69.4 Å². The third-order valence-electron chi connectivity index (χ3n) is 5.58. The van der Waals surface area contributed by atoms with E-state index in [1.165, 1.54) is 9.87 Å². The standard InChI is InChI=1S/C23H30N2O3S/c1-18-4-8-20(9-5-18)16-24(3)23(26)22-12-14-25(15-13-22)29(27,28)17-21-10-6-19(2)7-11-21/h4-11,22H,12-17H2,1-3H3. The van der Waals surface area contributed by atoms with Crippen molar-refractivity contribution in [2.24, 2.45) is 5.92 Å². The lowest BCUT2D eigenvalue weighted by Crippen LogP contribution is -2.43. The maximum Gasteiger partial charge on any atom is 0.225 e. The number of carbonyl (C=O) groups is 1. The number of nitrogens with zero attached hydrogens (tertiary/aromatic N) is 2. The Bertz CT molecular complexity index is 929. The summed E-state index contributed by atoms with van der Waals surface area (Å²) in [4.78, 5) is 14.6. The van der Waals surface area contributed by atoms with Crippen LogP contribution in [0.4, 0.5) is 0 Å². The monoisotopic (exact) mass is 414 g/mol. The number of amides is 1. The number of benzene rings is 2. The second kappa shape index (κ2) is 9.09. The molecule has 0 unspecified atom stereocenters. The van der Waals surface area contributed by atoms with Crippen molar-refractivity contribution in [1.82, 2.24) is 9.21 Å². The fraction of sp³-hybridized carbons (Fsp3) is 0.435. The molecule has 1 saturated heterocycles. The van der Waals surface area contributed by atoms with Crippen molar-refractivity contribution < 1.29 is 13.2 Å². The minimum absolute atomic E-state index is 0.0131. The molecule has 3 rings (SSSR count). The number of piperidine rings is 1. The molecule has 2 aromatic carbocycles. The molecule has 156 valence electrons. The molecular weight excluding hydrogens is 384 g/mol. The third-order valence-corrected chi connectivity index (χ3v) is 7.43. The summed E-state index contributed by atoms with van der Waals surface area (Å²) in [6.07, 6.45) is 1.15. The van der Waals surface area contributed by atoms with Crippen LogP contribution in [0.5, 0.6) is 0 Å². The highest BCUT2D eigenvalue weighted by Gasteiger charge is 2.32. The van der Waals surface area contributed by atoms with E-state index < -0.39 is 10.0 Å². The van der Waals surface area contributed by atoms with E-state index in [4.69, 9.17) is 0 Å². The van der Waals surface area contributed by atoms with Crippen molar-refractivity contribution in [3.05, 3.63) is 70.8 Å². The van der Waals surface area contributed by atoms with Crippen LogP contribution in [0.1, 0.15) is 35.1 Å². The first-order valence-corrected chi connectivity index (χ1v) is 11.7. The molecule has 0 spiro atoms. The van der Waals surface area contributed by atoms with Gasteiger partial charge in [-0.15, -0.1) is 0 Å². The molecule has 1 fully saturated rings. The summed E-state index contributed by atoms with van der Waals surface area (Å²) < 4.78 is 27.0. The van der Waals surface area contributed by atoms with Crippen LogP contribution in [0, 0.1) is 19.8 Å². The minimum Gasteiger partial charge on any atom is -0.341 e. The van der Waals surface area contributed by atoms with E-state index in [-0.39, 0.29) is 17.6 Å². The van der Waals surface area contributed by atoms with Gasteiger partial charge in [-0.2, -0.15) is 0 Å². The Balaban J connectivity index is 1.54. The molecule has 0 atom stereocenters. The lowest BCUT2D eigenvalue weighted by atomic mass is 9.96. The van der Waals surface area contributed by atoms with Crippen molar-refractivity contribution >= 4 is 15.9 Å². The van der Waals surface area contributed by atoms with Crippen molar-refractivity contribution in [2.75, 3.05) is 20.1 Å². The Kier molecular flexibility index (Phi) is 6.75. The first-order chi connectivity index (χ1) is 13.7. The van der Waals surface area contributed by atoms with Crippen molar-refractivity contribution in [3.63, 3.8) is 0 Å². The molecule has 5 nitrogen and oxygen atoms in total. The molecule has 29 heavy (non-hydrogen) atoms. The van der Waals surface area contributed by atoms with E-state index in [1.54, 1.807) is 4.90 Å². The molecule has 6 heteroatoms. The minimum atomic E-state index is -3.36. The molecule has 1 aliphatic rings. The van der Waals surface area contributed by atoms with Crippen LogP contribution in [0.25, 0.3) is 0 Å². The Morgan fingerprint density at radius 2 is 1.41 bits per heavy atom. The highest BCUT2D eigenvalue weighted by molar-refractivity contribution is 7.88. The summed E-state index contributed by atoms with van der Waals surface area (Å²) in [5.74, 6) is -0.00315. The van der Waals surface area contributed by atoms with Gasteiger partial charge in [0, 0.05) is 32.6 Å². The maximum absolute atomic E-state index is 12.8. The summed E-state index contributed by atoms with van der Waals surface area (Å²) in [6.45, 7) is 5.41. The van der Waals surface area contributed by atoms with Crippen molar-refractivity contribution in [2.45, 2.75) is 39.0 Å². The van der Waals surface area contributed by atoms with E-state index in [2.05, 4.69) is 0 Å². The molecular formula is C23H30N2O3S. The Hall–Kier alpha value is -2.18. The summed E-state index contributed by atoms with van der Waals surface area (Å²) in [6, 6.07) is 15.8. The van der Waals surface area contributed by atoms with Crippen LogP contribution in [0.2, 0.25) is 0 Å². The van der Waals surface area contributed by atoms with Crippen LogP contribution in [-0.4, -0.2) is 43.7 Å². The summed E-state index contributed by atoms with van der Waals surface area (Å²) >= 11 is 0. The molecule has 0 radical (unpaired) electrons. The fourth-order valence-electron chi connectivity index (χ4n) is 3.72. The first kappa shape index (κ1) is 21.5. The van der Waals surface area contributed by atoms with Gasteiger partial charge < -0.3 is 4.90 Å². The summed E-state index contributed by atoms with van der Waals surface area (Å²) in [5, 5.41) is 0. The van der Waals surface area contributed by atoms with Gasteiger partial charge in [-0.3, -0.25) is 4.79 Å². The normalized spacial score (nSPS) is 16.0. The first-order valence-electron chi connectivity index (χ1n) is 10.1. The van der Waals surface area contributed by atoms with Gasteiger partial charge in [0.25, 0.3) is 0 Å².